The number of carbonyl (C=O) groups excluding carboxylic acids is 2. The molecule has 3 rings (SSSR count). The highest BCUT2D eigenvalue weighted by Gasteiger charge is 2.27. The van der Waals surface area contributed by atoms with Crippen LogP contribution in [0.15, 0.2) is 18.5 Å². The Kier molecular flexibility index (Phi) is 3.98. The van der Waals surface area contributed by atoms with Gasteiger partial charge in [0.15, 0.2) is 0 Å². The van der Waals surface area contributed by atoms with Crippen molar-refractivity contribution >= 4 is 17.8 Å². The summed E-state index contributed by atoms with van der Waals surface area (Å²) < 4.78 is 0. The Hall–Kier alpha value is -2.18. The molecule has 0 N–H and O–H groups in total. The van der Waals surface area contributed by atoms with E-state index in [9.17, 15) is 9.59 Å². The Morgan fingerprint density at radius 3 is 2.43 bits per heavy atom. The molecule has 1 aromatic heterocycles. The quantitative estimate of drug-likeness (QED) is 0.767. The van der Waals surface area contributed by atoms with Crippen LogP contribution in [0.5, 0.6) is 0 Å². The molecule has 0 aliphatic carbocycles. The molecule has 2 amide bonds. The van der Waals surface area contributed by atoms with E-state index in [-0.39, 0.29) is 18.4 Å². The highest BCUT2D eigenvalue weighted by atomic mass is 16.2. The third-order valence-electron chi connectivity index (χ3n) is 3.96. The number of nitrogens with zero attached hydrogens (tertiary/aromatic N) is 5. The third-order valence-corrected chi connectivity index (χ3v) is 3.96. The van der Waals surface area contributed by atoms with Gasteiger partial charge in [-0.05, 0) is 12.5 Å². The molecule has 7 heteroatoms. The number of likely N-dealkylation sites (tertiary alicyclic amines) is 1. The molecule has 0 saturated carbocycles. The Labute approximate surface area is 123 Å². The molecule has 0 radical (unpaired) electrons. The minimum absolute atomic E-state index is 0.0406. The van der Waals surface area contributed by atoms with E-state index in [0.29, 0.717) is 32.0 Å². The van der Waals surface area contributed by atoms with E-state index in [1.54, 1.807) is 23.4 Å². The van der Waals surface area contributed by atoms with Crippen LogP contribution in [0.25, 0.3) is 0 Å². The van der Waals surface area contributed by atoms with Gasteiger partial charge in [0.05, 0.1) is 6.54 Å². The van der Waals surface area contributed by atoms with Gasteiger partial charge in [0.2, 0.25) is 17.8 Å². The smallest absolute Gasteiger partial charge is 0.242 e. The molecule has 0 spiro atoms. The van der Waals surface area contributed by atoms with Crippen molar-refractivity contribution in [2.45, 2.75) is 12.8 Å². The predicted octanol–water partition coefficient (Wildman–Crippen LogP) is -0.252. The first-order valence-corrected chi connectivity index (χ1v) is 7.31. The third kappa shape index (κ3) is 3.12. The van der Waals surface area contributed by atoms with Crippen molar-refractivity contribution in [3.05, 3.63) is 18.5 Å². The molecule has 2 aliphatic rings. The summed E-state index contributed by atoms with van der Waals surface area (Å²) in [4.78, 5) is 37.8. The molecule has 3 heterocycles. The SMILES string of the molecule is O=C(CN1CCCC1=O)N1CCN(c2ncccn2)CC1. The van der Waals surface area contributed by atoms with Gasteiger partial charge in [0.25, 0.3) is 0 Å². The number of hydrogen-bond acceptors (Lipinski definition) is 5. The average Bonchev–Trinajstić information content (AvgIpc) is 2.93. The van der Waals surface area contributed by atoms with Crippen LogP contribution in [0.2, 0.25) is 0 Å². The van der Waals surface area contributed by atoms with E-state index in [2.05, 4.69) is 14.9 Å². The van der Waals surface area contributed by atoms with E-state index in [0.717, 1.165) is 19.5 Å². The van der Waals surface area contributed by atoms with Crippen LogP contribution in [0, 0.1) is 0 Å². The summed E-state index contributed by atoms with van der Waals surface area (Å²) >= 11 is 0. The largest absolute Gasteiger partial charge is 0.338 e. The molecular formula is C14H19N5O2. The van der Waals surface area contributed by atoms with Crippen LogP contribution in [-0.2, 0) is 9.59 Å². The molecule has 1 aromatic rings. The number of amides is 2. The van der Waals surface area contributed by atoms with E-state index < -0.39 is 0 Å². The Morgan fingerprint density at radius 2 is 1.81 bits per heavy atom. The summed E-state index contributed by atoms with van der Waals surface area (Å²) in [5.41, 5.74) is 0. The van der Waals surface area contributed by atoms with E-state index in [1.165, 1.54) is 0 Å². The van der Waals surface area contributed by atoms with Gasteiger partial charge in [-0.1, -0.05) is 0 Å². The Bertz CT molecular complexity index is 513. The van der Waals surface area contributed by atoms with Crippen molar-refractivity contribution in [1.29, 1.82) is 0 Å². The average molecular weight is 289 g/mol. The fourth-order valence-electron chi connectivity index (χ4n) is 2.74. The first-order valence-electron chi connectivity index (χ1n) is 7.31. The van der Waals surface area contributed by atoms with Crippen molar-refractivity contribution in [3.63, 3.8) is 0 Å². The highest BCUT2D eigenvalue weighted by Crippen LogP contribution is 2.12. The summed E-state index contributed by atoms with van der Waals surface area (Å²) in [5, 5.41) is 0. The fraction of sp³-hybridized carbons (Fsp3) is 0.571. The minimum atomic E-state index is 0.0406. The van der Waals surface area contributed by atoms with Crippen LogP contribution in [0.4, 0.5) is 5.95 Å². The summed E-state index contributed by atoms with van der Waals surface area (Å²) in [5.74, 6) is 0.845. The van der Waals surface area contributed by atoms with E-state index >= 15 is 0 Å². The molecule has 7 nitrogen and oxygen atoms in total. The van der Waals surface area contributed by atoms with Gasteiger partial charge in [0, 0.05) is 51.5 Å². The van der Waals surface area contributed by atoms with Crippen LogP contribution in [-0.4, -0.2) is 70.9 Å². The zero-order valence-corrected chi connectivity index (χ0v) is 11.9. The van der Waals surface area contributed by atoms with E-state index in [1.807, 2.05) is 4.90 Å². The molecule has 112 valence electrons. The maximum absolute atomic E-state index is 12.2. The number of piperazine rings is 1. The van der Waals surface area contributed by atoms with Crippen LogP contribution in [0.3, 0.4) is 0 Å². The summed E-state index contributed by atoms with van der Waals surface area (Å²) in [7, 11) is 0. The zero-order valence-electron chi connectivity index (χ0n) is 11.9. The topological polar surface area (TPSA) is 69.6 Å². The lowest BCUT2D eigenvalue weighted by molar-refractivity contribution is -0.138. The first-order chi connectivity index (χ1) is 10.2. The maximum Gasteiger partial charge on any atom is 0.242 e. The molecule has 21 heavy (non-hydrogen) atoms. The standard InChI is InChI=1S/C14H19N5O2/c20-12-3-1-6-19(12)11-13(21)17-7-9-18(10-8-17)14-15-4-2-5-16-14/h2,4-5H,1,3,6-11H2. The predicted molar refractivity (Wildman–Crippen MR) is 76.6 cm³/mol. The monoisotopic (exact) mass is 289 g/mol. The molecule has 2 aliphatic heterocycles. The van der Waals surface area contributed by atoms with E-state index in [4.69, 9.17) is 0 Å². The highest BCUT2D eigenvalue weighted by molar-refractivity contribution is 5.86. The number of aromatic nitrogens is 2. The second-order valence-corrected chi connectivity index (χ2v) is 5.34. The molecule has 0 aromatic carbocycles. The fourth-order valence-corrected chi connectivity index (χ4v) is 2.74. The van der Waals surface area contributed by atoms with Crippen LogP contribution in [0.1, 0.15) is 12.8 Å². The van der Waals surface area contributed by atoms with Gasteiger partial charge in [-0.25, -0.2) is 9.97 Å². The van der Waals surface area contributed by atoms with Crippen molar-refractivity contribution in [1.82, 2.24) is 19.8 Å². The van der Waals surface area contributed by atoms with Gasteiger partial charge < -0.3 is 14.7 Å². The van der Waals surface area contributed by atoms with Gasteiger partial charge in [-0.3, -0.25) is 9.59 Å². The molecule has 0 unspecified atom stereocenters. The summed E-state index contributed by atoms with van der Waals surface area (Å²) in [6.45, 7) is 3.69. The van der Waals surface area contributed by atoms with Crippen molar-refractivity contribution in [2.24, 2.45) is 0 Å². The van der Waals surface area contributed by atoms with Gasteiger partial charge in [0.1, 0.15) is 0 Å². The van der Waals surface area contributed by atoms with Crippen molar-refractivity contribution in [2.75, 3.05) is 44.2 Å². The number of hydrogen-bond donors (Lipinski definition) is 0. The second kappa shape index (κ2) is 6.07. The Morgan fingerprint density at radius 1 is 1.10 bits per heavy atom. The van der Waals surface area contributed by atoms with Gasteiger partial charge in [-0.2, -0.15) is 0 Å². The maximum atomic E-state index is 12.2. The molecular weight excluding hydrogens is 270 g/mol. The molecule has 2 fully saturated rings. The second-order valence-electron chi connectivity index (χ2n) is 5.34. The molecule has 0 bridgehead atoms. The van der Waals surface area contributed by atoms with Gasteiger partial charge >= 0.3 is 0 Å². The first kappa shape index (κ1) is 13.8. The minimum Gasteiger partial charge on any atom is -0.338 e. The lowest BCUT2D eigenvalue weighted by Gasteiger charge is -2.35. The lowest BCUT2D eigenvalue weighted by Crippen LogP contribution is -2.51. The van der Waals surface area contributed by atoms with Crippen LogP contribution >= 0.6 is 0 Å². The van der Waals surface area contributed by atoms with Crippen LogP contribution < -0.4 is 4.90 Å². The molecule has 2 saturated heterocycles. The normalized spacial score (nSPS) is 19.2. The zero-order chi connectivity index (χ0) is 14.7. The van der Waals surface area contributed by atoms with Crippen molar-refractivity contribution in [3.8, 4) is 0 Å². The summed E-state index contributed by atoms with van der Waals surface area (Å²) in [6.07, 6.45) is 4.88. The molecule has 0 atom stereocenters. The van der Waals surface area contributed by atoms with Gasteiger partial charge in [-0.15, -0.1) is 0 Å². The number of carbonyl (C=O) groups is 2. The van der Waals surface area contributed by atoms with Crippen molar-refractivity contribution < 1.29 is 9.59 Å². The Balaban J connectivity index is 1.51. The number of rotatable bonds is 3. The lowest BCUT2D eigenvalue weighted by atomic mass is 10.3. The summed E-state index contributed by atoms with van der Waals surface area (Å²) in [6, 6.07) is 1.79. The number of anilines is 1.